The highest BCUT2D eigenvalue weighted by molar-refractivity contribution is 7.26. The highest BCUT2D eigenvalue weighted by atomic mass is 32.1. The molecule has 0 aliphatic heterocycles. The molecule has 4 heterocycles. The van der Waals surface area contributed by atoms with Gasteiger partial charge in [-0.3, -0.25) is 4.57 Å². The van der Waals surface area contributed by atoms with Crippen LogP contribution >= 0.6 is 11.3 Å². The molecule has 4 aromatic heterocycles. The average molecular weight is 745 g/mol. The van der Waals surface area contributed by atoms with Crippen LogP contribution in [0.5, 0.6) is 0 Å². The van der Waals surface area contributed by atoms with Crippen LogP contribution in [0.4, 0.5) is 11.4 Å². The van der Waals surface area contributed by atoms with Gasteiger partial charge in [-0.25, -0.2) is 14.7 Å². The van der Waals surface area contributed by atoms with Crippen molar-refractivity contribution in [2.24, 2.45) is 0 Å². The second kappa shape index (κ2) is 12.4. The normalized spacial score (nSPS) is 11.5. The molecule has 0 spiro atoms. The zero-order valence-corrected chi connectivity index (χ0v) is 30.7. The van der Waals surface area contributed by atoms with Gasteiger partial charge in [-0.05, 0) is 71.4 Å². The predicted molar refractivity (Wildman–Crippen MR) is 230 cm³/mol. The fraction of sp³-hybridized carbons (Fsp3) is 0. The lowest BCUT2D eigenvalue weighted by molar-refractivity contribution is 0.953. The standard InChI is InChI=1S/C48H24N8S/c1-50-31-17-21-40-36(25-31)37-26-32(51-2)18-22-41(37)56(40)48-53-46(28-10-4-3-5-11-28)52-47(54-48)29-16-20-38(30(24-29)27-49)55-39-14-8-6-13-35(39)44-42(55)23-19-34-33-12-7-9-15-43(33)57-45(34)44/h3-26H. The molecule has 0 saturated heterocycles. The van der Waals surface area contributed by atoms with Gasteiger partial charge in [0.1, 0.15) is 6.07 Å². The Balaban J connectivity index is 1.14. The summed E-state index contributed by atoms with van der Waals surface area (Å²) in [5, 5.41) is 17.2. The molecule has 262 valence electrons. The SMILES string of the molecule is [C-]#[N+]c1ccc2c(c1)c1cc([N+]#[C-])ccc1n2-c1nc(-c2ccccc2)nc(-c2ccc(-n3c4ccccc4c4c5sc6ccccc6c5ccc43)c(C#N)c2)n1. The molecule has 11 rings (SSSR count). The number of nitrogens with zero attached hydrogens (tertiary/aromatic N) is 8. The van der Waals surface area contributed by atoms with Gasteiger partial charge in [0, 0.05) is 42.1 Å². The number of rotatable bonds is 4. The molecule has 9 heteroatoms. The van der Waals surface area contributed by atoms with Gasteiger partial charge in [-0.2, -0.15) is 15.2 Å². The molecule has 0 radical (unpaired) electrons. The van der Waals surface area contributed by atoms with E-state index in [1.807, 2.05) is 83.4 Å². The Hall–Kier alpha value is -8.16. The van der Waals surface area contributed by atoms with Gasteiger partial charge < -0.3 is 4.57 Å². The molecule has 0 saturated carbocycles. The van der Waals surface area contributed by atoms with E-state index in [0.717, 1.165) is 49.5 Å². The van der Waals surface area contributed by atoms with Crippen LogP contribution in [-0.2, 0) is 0 Å². The van der Waals surface area contributed by atoms with Crippen LogP contribution in [0, 0.1) is 24.5 Å². The molecule has 57 heavy (non-hydrogen) atoms. The summed E-state index contributed by atoms with van der Waals surface area (Å²) >= 11 is 1.80. The second-order valence-electron chi connectivity index (χ2n) is 13.7. The van der Waals surface area contributed by atoms with Crippen molar-refractivity contribution in [1.29, 1.82) is 5.26 Å². The van der Waals surface area contributed by atoms with E-state index in [1.54, 1.807) is 23.5 Å². The van der Waals surface area contributed by atoms with Crippen molar-refractivity contribution in [3.05, 3.63) is 174 Å². The lowest BCUT2D eigenvalue weighted by Crippen LogP contribution is -2.06. The maximum absolute atomic E-state index is 10.8. The molecular formula is C48H24N8S. The maximum atomic E-state index is 10.8. The van der Waals surface area contributed by atoms with E-state index in [9.17, 15) is 5.26 Å². The summed E-state index contributed by atoms with van der Waals surface area (Å²) in [5.41, 5.74) is 7.34. The van der Waals surface area contributed by atoms with Crippen molar-refractivity contribution in [2.45, 2.75) is 0 Å². The number of hydrogen-bond donors (Lipinski definition) is 0. The molecule has 0 amide bonds. The largest absolute Gasteiger partial charge is 0.308 e. The minimum Gasteiger partial charge on any atom is -0.308 e. The highest BCUT2D eigenvalue weighted by Gasteiger charge is 2.22. The van der Waals surface area contributed by atoms with Gasteiger partial charge in [-0.15, -0.1) is 11.3 Å². The first-order chi connectivity index (χ1) is 28.1. The van der Waals surface area contributed by atoms with E-state index in [1.165, 1.54) is 25.6 Å². The quantitative estimate of drug-likeness (QED) is 0.168. The van der Waals surface area contributed by atoms with Crippen molar-refractivity contribution in [1.82, 2.24) is 24.1 Å². The summed E-state index contributed by atoms with van der Waals surface area (Å²) in [5.74, 6) is 1.25. The van der Waals surface area contributed by atoms with Crippen LogP contribution in [0.2, 0.25) is 0 Å². The van der Waals surface area contributed by atoms with Gasteiger partial charge in [0.25, 0.3) is 0 Å². The zero-order chi connectivity index (χ0) is 38.2. The number of benzene rings is 7. The maximum Gasteiger partial charge on any atom is 0.238 e. The van der Waals surface area contributed by atoms with E-state index in [-0.39, 0.29) is 0 Å². The fourth-order valence-corrected chi connectivity index (χ4v) is 9.38. The van der Waals surface area contributed by atoms with Crippen molar-refractivity contribution >= 4 is 86.5 Å². The Kier molecular flexibility index (Phi) is 7.05. The molecule has 11 aromatic rings. The van der Waals surface area contributed by atoms with Gasteiger partial charge in [0.2, 0.25) is 5.95 Å². The van der Waals surface area contributed by atoms with Crippen LogP contribution in [0.3, 0.4) is 0 Å². The Bertz CT molecular complexity index is 3560. The van der Waals surface area contributed by atoms with Crippen LogP contribution in [-0.4, -0.2) is 24.1 Å². The molecule has 0 aliphatic carbocycles. The lowest BCUT2D eigenvalue weighted by atomic mass is 10.1. The Morgan fingerprint density at radius 3 is 1.88 bits per heavy atom. The third kappa shape index (κ3) is 4.86. The minimum atomic E-state index is 0.377. The van der Waals surface area contributed by atoms with Gasteiger partial charge in [0.05, 0.1) is 46.5 Å². The third-order valence-electron chi connectivity index (χ3n) is 10.6. The number of thiophene rings is 1. The summed E-state index contributed by atoms with van der Waals surface area (Å²) in [6.07, 6.45) is 0. The Morgan fingerprint density at radius 2 is 1.16 bits per heavy atom. The number of fused-ring (bicyclic) bond motifs is 10. The van der Waals surface area contributed by atoms with Gasteiger partial charge in [0.15, 0.2) is 23.0 Å². The molecule has 0 aliphatic rings. The molecule has 0 atom stereocenters. The predicted octanol–water partition coefficient (Wildman–Crippen LogP) is 12.7. The minimum absolute atomic E-state index is 0.377. The summed E-state index contributed by atoms with van der Waals surface area (Å²) in [4.78, 5) is 22.4. The average Bonchev–Trinajstić information content (AvgIpc) is 3.93. The molecule has 0 N–H and O–H groups in total. The van der Waals surface area contributed by atoms with Crippen LogP contribution in [0.25, 0.3) is 108 Å². The smallest absolute Gasteiger partial charge is 0.238 e. The number of aromatic nitrogens is 5. The Labute approximate surface area is 329 Å². The summed E-state index contributed by atoms with van der Waals surface area (Å²) in [6.45, 7) is 15.3. The third-order valence-corrected chi connectivity index (χ3v) is 11.8. The lowest BCUT2D eigenvalue weighted by Gasteiger charge is -2.13. The molecular weight excluding hydrogens is 721 g/mol. The van der Waals surface area contributed by atoms with Gasteiger partial charge in [-0.1, -0.05) is 84.9 Å². The van der Waals surface area contributed by atoms with E-state index >= 15 is 0 Å². The van der Waals surface area contributed by atoms with E-state index in [2.05, 4.69) is 74.9 Å². The molecule has 0 bridgehead atoms. The second-order valence-corrected chi connectivity index (χ2v) is 14.8. The fourth-order valence-electron chi connectivity index (χ4n) is 8.12. The number of hydrogen-bond acceptors (Lipinski definition) is 5. The first-order valence-corrected chi connectivity index (χ1v) is 19.0. The van der Waals surface area contributed by atoms with Crippen molar-refractivity contribution in [3.8, 4) is 40.5 Å². The van der Waals surface area contributed by atoms with Crippen molar-refractivity contribution < 1.29 is 0 Å². The first-order valence-electron chi connectivity index (χ1n) is 18.1. The number of nitriles is 1. The zero-order valence-electron chi connectivity index (χ0n) is 29.8. The molecule has 0 unspecified atom stereocenters. The van der Waals surface area contributed by atoms with Crippen molar-refractivity contribution in [2.75, 3.05) is 0 Å². The van der Waals surface area contributed by atoms with E-state index < -0.39 is 0 Å². The highest BCUT2D eigenvalue weighted by Crippen LogP contribution is 2.44. The summed E-state index contributed by atoms with van der Waals surface area (Å²) in [6, 6.07) is 50.4. The van der Waals surface area contributed by atoms with Gasteiger partial charge >= 0.3 is 0 Å². The summed E-state index contributed by atoms with van der Waals surface area (Å²) in [7, 11) is 0. The Morgan fingerprint density at radius 1 is 0.526 bits per heavy atom. The van der Waals surface area contributed by atoms with E-state index in [4.69, 9.17) is 28.1 Å². The monoisotopic (exact) mass is 744 g/mol. The molecule has 0 fully saturated rings. The topological polar surface area (TPSA) is 81.0 Å². The van der Waals surface area contributed by atoms with Crippen LogP contribution in [0.15, 0.2) is 146 Å². The number of para-hydroxylation sites is 1. The van der Waals surface area contributed by atoms with Crippen molar-refractivity contribution in [3.63, 3.8) is 0 Å². The first kappa shape index (κ1) is 32.3. The molecule has 8 nitrogen and oxygen atoms in total. The summed E-state index contributed by atoms with van der Waals surface area (Å²) < 4.78 is 6.62. The van der Waals surface area contributed by atoms with Crippen LogP contribution < -0.4 is 0 Å². The van der Waals surface area contributed by atoms with E-state index in [0.29, 0.717) is 40.1 Å². The van der Waals surface area contributed by atoms with Crippen LogP contribution in [0.1, 0.15) is 5.56 Å². The molecule has 7 aromatic carbocycles.